The largest absolute Gasteiger partial charge is 0.298 e. The highest BCUT2D eigenvalue weighted by atomic mass is 32.2. The van der Waals surface area contributed by atoms with Crippen molar-refractivity contribution in [2.75, 3.05) is 30.2 Å². The standard InChI is InChI=1S/C17H20N4O2S/c1-24(22,23)21-13-17(16-15(21)3-2-7-19-16)6-10-20(12-17)11-14-4-8-18-9-5-14/h2-5,7-9H,6,10-13H2,1H3/t17-/m0/s1. The third-order valence-corrected chi connectivity index (χ3v) is 6.12. The zero-order chi connectivity index (χ0) is 16.8. The molecular weight excluding hydrogens is 324 g/mol. The quantitative estimate of drug-likeness (QED) is 0.842. The summed E-state index contributed by atoms with van der Waals surface area (Å²) in [5.74, 6) is 0. The summed E-state index contributed by atoms with van der Waals surface area (Å²) in [5.41, 5.74) is 2.69. The van der Waals surface area contributed by atoms with Crippen molar-refractivity contribution >= 4 is 15.7 Å². The fourth-order valence-corrected chi connectivity index (χ4v) is 4.89. The molecule has 4 heterocycles. The molecule has 0 unspecified atom stereocenters. The minimum atomic E-state index is -3.29. The second-order valence-electron chi connectivity index (χ2n) is 6.74. The molecule has 4 rings (SSSR count). The van der Waals surface area contributed by atoms with E-state index in [0.29, 0.717) is 6.54 Å². The molecule has 1 saturated heterocycles. The Hall–Kier alpha value is -1.99. The van der Waals surface area contributed by atoms with Gasteiger partial charge < -0.3 is 0 Å². The van der Waals surface area contributed by atoms with Gasteiger partial charge in [0.05, 0.1) is 17.6 Å². The normalized spacial score (nSPS) is 23.8. The van der Waals surface area contributed by atoms with Crippen LogP contribution in [0.2, 0.25) is 0 Å². The first-order valence-electron chi connectivity index (χ1n) is 8.02. The van der Waals surface area contributed by atoms with Crippen LogP contribution in [0.1, 0.15) is 17.7 Å². The topological polar surface area (TPSA) is 66.4 Å². The second-order valence-corrected chi connectivity index (χ2v) is 8.64. The smallest absolute Gasteiger partial charge is 0.232 e. The molecule has 0 bridgehead atoms. The van der Waals surface area contributed by atoms with Crippen molar-refractivity contribution in [3.8, 4) is 0 Å². The van der Waals surface area contributed by atoms with Gasteiger partial charge in [0, 0.05) is 43.6 Å². The summed E-state index contributed by atoms with van der Waals surface area (Å²) in [5, 5.41) is 0. The predicted molar refractivity (Wildman–Crippen MR) is 92.2 cm³/mol. The van der Waals surface area contributed by atoms with Gasteiger partial charge >= 0.3 is 0 Å². The van der Waals surface area contributed by atoms with Crippen molar-refractivity contribution in [1.82, 2.24) is 14.9 Å². The fourth-order valence-electron chi connectivity index (χ4n) is 3.90. The zero-order valence-corrected chi connectivity index (χ0v) is 14.4. The van der Waals surface area contributed by atoms with E-state index in [1.165, 1.54) is 16.1 Å². The lowest BCUT2D eigenvalue weighted by Gasteiger charge is -2.25. The number of hydrogen-bond acceptors (Lipinski definition) is 5. The van der Waals surface area contributed by atoms with Crippen LogP contribution in [0.25, 0.3) is 0 Å². The van der Waals surface area contributed by atoms with Crippen molar-refractivity contribution in [2.24, 2.45) is 0 Å². The molecule has 24 heavy (non-hydrogen) atoms. The van der Waals surface area contributed by atoms with Gasteiger partial charge in [0.2, 0.25) is 10.0 Å². The number of sulfonamides is 1. The van der Waals surface area contributed by atoms with E-state index in [2.05, 4.69) is 14.9 Å². The Labute approximate surface area is 142 Å². The van der Waals surface area contributed by atoms with Gasteiger partial charge in [-0.1, -0.05) is 0 Å². The fraction of sp³-hybridized carbons (Fsp3) is 0.412. The van der Waals surface area contributed by atoms with E-state index in [0.717, 1.165) is 37.4 Å². The highest BCUT2D eigenvalue weighted by Gasteiger charge is 2.50. The van der Waals surface area contributed by atoms with Crippen LogP contribution < -0.4 is 4.31 Å². The molecular formula is C17H20N4O2S. The maximum absolute atomic E-state index is 12.2. The van der Waals surface area contributed by atoms with E-state index in [9.17, 15) is 8.42 Å². The van der Waals surface area contributed by atoms with Gasteiger partial charge in [-0.3, -0.25) is 19.2 Å². The molecule has 2 aliphatic heterocycles. The van der Waals surface area contributed by atoms with Crippen LogP contribution in [0.15, 0.2) is 42.9 Å². The average molecular weight is 344 g/mol. The summed E-state index contributed by atoms with van der Waals surface area (Å²) in [4.78, 5) is 11.0. The lowest BCUT2D eigenvalue weighted by molar-refractivity contribution is 0.306. The molecule has 0 radical (unpaired) electrons. The van der Waals surface area contributed by atoms with Gasteiger partial charge in [-0.25, -0.2) is 8.42 Å². The van der Waals surface area contributed by atoms with E-state index in [4.69, 9.17) is 0 Å². The van der Waals surface area contributed by atoms with E-state index in [-0.39, 0.29) is 5.41 Å². The average Bonchev–Trinajstić information content (AvgIpc) is 3.11. The van der Waals surface area contributed by atoms with Gasteiger partial charge in [0.25, 0.3) is 0 Å². The SMILES string of the molecule is CS(=O)(=O)N1C[C@@]2(CCN(Cc3ccncc3)C2)c2ncccc21. The first-order valence-corrected chi connectivity index (χ1v) is 9.87. The van der Waals surface area contributed by atoms with E-state index < -0.39 is 10.0 Å². The van der Waals surface area contributed by atoms with Crippen LogP contribution in [0, 0.1) is 0 Å². The van der Waals surface area contributed by atoms with Crippen molar-refractivity contribution < 1.29 is 8.42 Å². The number of anilines is 1. The molecule has 2 aliphatic rings. The molecule has 0 saturated carbocycles. The Kier molecular flexibility index (Phi) is 3.58. The number of hydrogen-bond donors (Lipinski definition) is 0. The third kappa shape index (κ3) is 2.57. The van der Waals surface area contributed by atoms with Crippen molar-refractivity contribution in [2.45, 2.75) is 18.4 Å². The predicted octanol–water partition coefficient (Wildman–Crippen LogP) is 1.40. The zero-order valence-electron chi connectivity index (χ0n) is 13.6. The molecule has 7 heteroatoms. The Morgan fingerprint density at radius 2 is 1.96 bits per heavy atom. The molecule has 0 aliphatic carbocycles. The molecule has 126 valence electrons. The molecule has 1 atom stereocenters. The van der Waals surface area contributed by atoms with Crippen LogP contribution in [-0.2, 0) is 22.0 Å². The van der Waals surface area contributed by atoms with E-state index in [1.54, 1.807) is 24.7 Å². The Balaban J connectivity index is 1.63. The molecule has 0 aromatic carbocycles. The highest BCUT2D eigenvalue weighted by Crippen LogP contribution is 2.46. The van der Waals surface area contributed by atoms with Crippen molar-refractivity contribution in [3.63, 3.8) is 0 Å². The minimum absolute atomic E-state index is 0.202. The summed E-state index contributed by atoms with van der Waals surface area (Å²) >= 11 is 0. The number of nitrogens with zero attached hydrogens (tertiary/aromatic N) is 4. The Morgan fingerprint density at radius 1 is 1.17 bits per heavy atom. The molecule has 2 aromatic heterocycles. The Bertz CT molecular complexity index is 856. The Morgan fingerprint density at radius 3 is 2.71 bits per heavy atom. The maximum atomic E-state index is 12.2. The van der Waals surface area contributed by atoms with E-state index >= 15 is 0 Å². The second kappa shape index (κ2) is 5.53. The van der Waals surface area contributed by atoms with Crippen LogP contribution in [0.5, 0.6) is 0 Å². The molecule has 0 N–H and O–H groups in total. The van der Waals surface area contributed by atoms with Crippen LogP contribution in [0.3, 0.4) is 0 Å². The minimum Gasteiger partial charge on any atom is -0.298 e. The molecule has 6 nitrogen and oxygen atoms in total. The number of pyridine rings is 2. The number of rotatable bonds is 3. The molecule has 2 aromatic rings. The number of aromatic nitrogens is 2. The first kappa shape index (κ1) is 15.5. The molecule has 1 fully saturated rings. The van der Waals surface area contributed by atoms with Gasteiger partial charge in [-0.05, 0) is 42.8 Å². The summed E-state index contributed by atoms with van der Waals surface area (Å²) in [6.07, 6.45) is 7.57. The lowest BCUT2D eigenvalue weighted by Crippen LogP contribution is -2.38. The number of likely N-dealkylation sites (tertiary alicyclic amines) is 1. The third-order valence-electron chi connectivity index (χ3n) is 4.99. The summed E-state index contributed by atoms with van der Waals surface area (Å²) in [6.45, 7) is 3.11. The van der Waals surface area contributed by atoms with Crippen molar-refractivity contribution in [1.29, 1.82) is 0 Å². The monoisotopic (exact) mass is 344 g/mol. The van der Waals surface area contributed by atoms with Crippen molar-refractivity contribution in [3.05, 3.63) is 54.1 Å². The van der Waals surface area contributed by atoms with E-state index in [1.807, 2.05) is 18.2 Å². The molecule has 0 amide bonds. The van der Waals surface area contributed by atoms with Crippen LogP contribution >= 0.6 is 0 Å². The van der Waals surface area contributed by atoms with Crippen LogP contribution in [-0.4, -0.2) is 49.2 Å². The van der Waals surface area contributed by atoms with Gasteiger partial charge in [0.1, 0.15) is 0 Å². The summed E-state index contributed by atoms with van der Waals surface area (Å²) in [7, 11) is -3.29. The number of fused-ring (bicyclic) bond motifs is 2. The van der Waals surface area contributed by atoms with Crippen LogP contribution in [0.4, 0.5) is 5.69 Å². The first-order chi connectivity index (χ1) is 11.5. The van der Waals surface area contributed by atoms with Gasteiger partial charge in [-0.2, -0.15) is 0 Å². The highest BCUT2D eigenvalue weighted by molar-refractivity contribution is 7.92. The summed E-state index contributed by atoms with van der Waals surface area (Å²) < 4.78 is 25.9. The maximum Gasteiger partial charge on any atom is 0.232 e. The summed E-state index contributed by atoms with van der Waals surface area (Å²) in [6, 6.07) is 7.71. The lowest BCUT2D eigenvalue weighted by atomic mass is 9.85. The molecule has 1 spiro atoms. The van der Waals surface area contributed by atoms with Gasteiger partial charge in [-0.15, -0.1) is 0 Å². The van der Waals surface area contributed by atoms with Gasteiger partial charge in [0.15, 0.2) is 0 Å².